The average molecular weight is 340 g/mol. The van der Waals surface area contributed by atoms with Gasteiger partial charge in [0.05, 0.1) is 5.92 Å². The predicted octanol–water partition coefficient (Wildman–Crippen LogP) is 3.13. The average Bonchev–Trinajstić information content (AvgIpc) is 2.61. The first kappa shape index (κ1) is 17.3. The highest BCUT2D eigenvalue weighted by Crippen LogP contribution is 2.22. The molecule has 2 unspecified atom stereocenters. The molecular formula is C20H24N2O3. The third kappa shape index (κ3) is 4.10. The summed E-state index contributed by atoms with van der Waals surface area (Å²) in [6.45, 7) is 3.44. The number of piperidine rings is 1. The van der Waals surface area contributed by atoms with Crippen LogP contribution in [0.1, 0.15) is 18.9 Å². The minimum atomic E-state index is -0.819. The molecule has 0 spiro atoms. The second-order valence-corrected chi connectivity index (χ2v) is 6.90. The van der Waals surface area contributed by atoms with Gasteiger partial charge in [-0.15, -0.1) is 0 Å². The third-order valence-corrected chi connectivity index (χ3v) is 4.85. The molecule has 0 bridgehead atoms. The van der Waals surface area contributed by atoms with Crippen LogP contribution >= 0.6 is 0 Å². The van der Waals surface area contributed by atoms with Crippen LogP contribution in [-0.2, 0) is 11.2 Å². The van der Waals surface area contributed by atoms with Crippen molar-refractivity contribution in [2.75, 3.05) is 19.6 Å². The van der Waals surface area contributed by atoms with Crippen molar-refractivity contribution in [3.05, 3.63) is 48.0 Å². The van der Waals surface area contributed by atoms with Gasteiger partial charge in [0.2, 0.25) is 0 Å². The number of hydrogen-bond acceptors (Lipinski definition) is 2. The number of carboxylic acid groups (broad SMARTS) is 1. The molecule has 1 fully saturated rings. The number of rotatable bonds is 4. The zero-order valence-corrected chi connectivity index (χ0v) is 14.4. The number of carbonyl (C=O) groups is 2. The van der Waals surface area contributed by atoms with E-state index in [0.717, 1.165) is 6.42 Å². The van der Waals surface area contributed by atoms with Gasteiger partial charge in [-0.05, 0) is 35.1 Å². The lowest BCUT2D eigenvalue weighted by Gasteiger charge is -2.34. The van der Waals surface area contributed by atoms with Crippen LogP contribution in [0.4, 0.5) is 4.79 Å². The molecule has 1 heterocycles. The zero-order valence-electron chi connectivity index (χ0n) is 14.4. The molecule has 5 heteroatoms. The Morgan fingerprint density at radius 2 is 1.92 bits per heavy atom. The van der Waals surface area contributed by atoms with Gasteiger partial charge in [0, 0.05) is 19.6 Å². The highest BCUT2D eigenvalue weighted by molar-refractivity contribution is 5.85. The van der Waals surface area contributed by atoms with Crippen molar-refractivity contribution in [1.82, 2.24) is 10.2 Å². The number of aliphatic carboxylic acids is 1. The molecule has 5 nitrogen and oxygen atoms in total. The Kier molecular flexibility index (Phi) is 5.22. The van der Waals surface area contributed by atoms with Crippen molar-refractivity contribution in [2.45, 2.75) is 19.8 Å². The summed E-state index contributed by atoms with van der Waals surface area (Å²) in [6.07, 6.45) is 1.38. The normalized spacial score (nSPS) is 20.4. The Bertz CT molecular complexity index is 769. The number of likely N-dealkylation sites (tertiary alicyclic amines) is 1. The van der Waals surface area contributed by atoms with Crippen LogP contribution in [0.3, 0.4) is 0 Å². The van der Waals surface area contributed by atoms with E-state index in [1.165, 1.54) is 16.3 Å². The zero-order chi connectivity index (χ0) is 17.8. The number of nitrogens with zero attached hydrogens (tertiary/aromatic N) is 1. The van der Waals surface area contributed by atoms with E-state index in [0.29, 0.717) is 26.1 Å². The summed E-state index contributed by atoms with van der Waals surface area (Å²) in [6, 6.07) is 14.2. The first-order valence-corrected chi connectivity index (χ1v) is 8.77. The molecular weight excluding hydrogens is 316 g/mol. The Hall–Kier alpha value is -2.56. The van der Waals surface area contributed by atoms with Gasteiger partial charge in [-0.25, -0.2) is 4.79 Å². The van der Waals surface area contributed by atoms with Crippen LogP contribution in [0, 0.1) is 11.8 Å². The molecule has 3 rings (SSSR count). The molecule has 1 aliphatic rings. The smallest absolute Gasteiger partial charge is 0.317 e. The van der Waals surface area contributed by atoms with E-state index in [9.17, 15) is 14.7 Å². The largest absolute Gasteiger partial charge is 0.481 e. The van der Waals surface area contributed by atoms with Gasteiger partial charge in [-0.2, -0.15) is 0 Å². The number of urea groups is 1. The van der Waals surface area contributed by atoms with Crippen molar-refractivity contribution in [3.63, 3.8) is 0 Å². The highest BCUT2D eigenvalue weighted by Gasteiger charge is 2.31. The lowest BCUT2D eigenvalue weighted by Crippen LogP contribution is -2.49. The van der Waals surface area contributed by atoms with Gasteiger partial charge in [-0.1, -0.05) is 49.4 Å². The molecule has 0 radical (unpaired) electrons. The van der Waals surface area contributed by atoms with Crippen molar-refractivity contribution in [1.29, 1.82) is 0 Å². The minimum Gasteiger partial charge on any atom is -0.481 e. The standard InChI is InChI=1S/C20H24N2O3/c1-14-11-17(19(23)24)13-22(12-14)20(25)21-10-9-16-7-4-6-15-5-2-3-8-18(15)16/h2-8,14,17H,9-13H2,1H3,(H,21,25)(H,23,24). The molecule has 1 aliphatic heterocycles. The number of hydrogen-bond donors (Lipinski definition) is 2. The number of nitrogens with one attached hydrogen (secondary N) is 1. The van der Waals surface area contributed by atoms with Crippen molar-refractivity contribution in [3.8, 4) is 0 Å². The topological polar surface area (TPSA) is 69.6 Å². The first-order valence-electron chi connectivity index (χ1n) is 8.77. The Morgan fingerprint density at radius 3 is 2.72 bits per heavy atom. The number of carboxylic acids is 1. The molecule has 2 amide bonds. The molecule has 2 aromatic carbocycles. The van der Waals surface area contributed by atoms with Crippen LogP contribution in [0.25, 0.3) is 10.8 Å². The van der Waals surface area contributed by atoms with E-state index in [1.54, 1.807) is 4.90 Å². The molecule has 0 aliphatic carbocycles. The fraction of sp³-hybridized carbons (Fsp3) is 0.400. The second kappa shape index (κ2) is 7.55. The minimum absolute atomic E-state index is 0.168. The second-order valence-electron chi connectivity index (χ2n) is 6.90. The fourth-order valence-corrected chi connectivity index (χ4v) is 3.62. The fourth-order valence-electron chi connectivity index (χ4n) is 3.62. The predicted molar refractivity (Wildman–Crippen MR) is 97.5 cm³/mol. The number of fused-ring (bicyclic) bond motifs is 1. The Labute approximate surface area is 147 Å². The van der Waals surface area contributed by atoms with Gasteiger partial charge in [0.25, 0.3) is 0 Å². The summed E-state index contributed by atoms with van der Waals surface area (Å²) in [5.74, 6) is -1.08. The third-order valence-electron chi connectivity index (χ3n) is 4.85. The molecule has 2 aromatic rings. The maximum absolute atomic E-state index is 12.4. The van der Waals surface area contributed by atoms with Crippen molar-refractivity contribution in [2.24, 2.45) is 11.8 Å². The Balaban J connectivity index is 1.58. The summed E-state index contributed by atoms with van der Waals surface area (Å²) < 4.78 is 0. The van der Waals surface area contributed by atoms with Crippen molar-refractivity contribution >= 4 is 22.8 Å². The van der Waals surface area contributed by atoms with Crippen LogP contribution in [0.15, 0.2) is 42.5 Å². The van der Waals surface area contributed by atoms with E-state index < -0.39 is 11.9 Å². The quantitative estimate of drug-likeness (QED) is 0.898. The molecule has 0 saturated carbocycles. The number of carbonyl (C=O) groups excluding carboxylic acids is 1. The van der Waals surface area contributed by atoms with Crippen LogP contribution in [0.5, 0.6) is 0 Å². The summed E-state index contributed by atoms with van der Waals surface area (Å²) in [5, 5.41) is 14.6. The van der Waals surface area contributed by atoms with E-state index in [-0.39, 0.29) is 11.9 Å². The molecule has 0 aromatic heterocycles. The molecule has 2 N–H and O–H groups in total. The first-order chi connectivity index (χ1) is 12.0. The molecule has 132 valence electrons. The van der Waals surface area contributed by atoms with E-state index in [2.05, 4.69) is 29.6 Å². The van der Waals surface area contributed by atoms with Gasteiger partial charge >= 0.3 is 12.0 Å². The summed E-state index contributed by atoms with van der Waals surface area (Å²) in [4.78, 5) is 25.3. The number of benzene rings is 2. The van der Waals surface area contributed by atoms with E-state index in [4.69, 9.17) is 0 Å². The lowest BCUT2D eigenvalue weighted by atomic mass is 9.91. The van der Waals surface area contributed by atoms with Gasteiger partial charge in [-0.3, -0.25) is 4.79 Å². The number of amides is 2. The van der Waals surface area contributed by atoms with E-state index in [1.807, 2.05) is 25.1 Å². The Morgan fingerprint density at radius 1 is 1.16 bits per heavy atom. The van der Waals surface area contributed by atoms with Crippen LogP contribution in [-0.4, -0.2) is 41.6 Å². The maximum Gasteiger partial charge on any atom is 0.317 e. The van der Waals surface area contributed by atoms with Crippen LogP contribution in [0.2, 0.25) is 0 Å². The molecule has 25 heavy (non-hydrogen) atoms. The van der Waals surface area contributed by atoms with Gasteiger partial charge < -0.3 is 15.3 Å². The summed E-state index contributed by atoms with van der Waals surface area (Å²) in [7, 11) is 0. The maximum atomic E-state index is 12.4. The highest BCUT2D eigenvalue weighted by atomic mass is 16.4. The molecule has 1 saturated heterocycles. The van der Waals surface area contributed by atoms with Gasteiger partial charge in [0.1, 0.15) is 0 Å². The lowest BCUT2D eigenvalue weighted by molar-refractivity contribution is -0.143. The van der Waals surface area contributed by atoms with Crippen molar-refractivity contribution < 1.29 is 14.7 Å². The molecule has 2 atom stereocenters. The van der Waals surface area contributed by atoms with Crippen LogP contribution < -0.4 is 5.32 Å². The summed E-state index contributed by atoms with van der Waals surface area (Å²) in [5.41, 5.74) is 1.20. The van der Waals surface area contributed by atoms with Gasteiger partial charge in [0.15, 0.2) is 0 Å². The van der Waals surface area contributed by atoms with E-state index >= 15 is 0 Å². The summed E-state index contributed by atoms with van der Waals surface area (Å²) >= 11 is 0. The SMILES string of the molecule is CC1CC(C(=O)O)CN(C(=O)NCCc2cccc3ccccc23)C1. The monoisotopic (exact) mass is 340 g/mol.